The van der Waals surface area contributed by atoms with Crippen LogP contribution in [0.1, 0.15) is 335 Å². The third-order valence-corrected chi connectivity index (χ3v) is 17.0. The third kappa shape index (κ3) is 53.5. The van der Waals surface area contributed by atoms with E-state index >= 15 is 0 Å². The standard InChI is InChI=1S/C76H137NO10/c1-3-5-7-9-11-13-15-17-39-42-46-50-54-58-62-69(79)68(67-86-76-75(84)74(83)73(82)70(66-78)87-76)77-71(80)63-59-55-51-47-43-40-37-35-33-31-29-27-25-23-21-19-18-20-22-24-26-28-30-32-34-36-38-41-45-49-53-57-61-65-85-72(81)64-60-56-52-48-44-16-14-12-10-8-6-4-2/h12-15,22,24,28,30,42,46,58,62,68-70,73-76,78-79,82-84H,3-11,16-21,23,25-27,29,31-41,43-45,47-57,59-61,63-67H2,1-2H3,(H,77,80)/b14-12-,15-13+,24-22-,30-28-,46-42+,62-58+. The summed E-state index contributed by atoms with van der Waals surface area (Å²) in [6.45, 7) is 4.30. The monoisotopic (exact) mass is 1220 g/mol. The number of rotatable bonds is 64. The molecular weight excluding hydrogens is 1090 g/mol. The van der Waals surface area contributed by atoms with Crippen molar-refractivity contribution in [2.45, 2.75) is 378 Å². The van der Waals surface area contributed by atoms with Crippen molar-refractivity contribution < 1.29 is 49.3 Å². The van der Waals surface area contributed by atoms with Crippen LogP contribution in [0.25, 0.3) is 0 Å². The van der Waals surface area contributed by atoms with E-state index in [1.807, 2.05) is 6.08 Å². The molecule has 7 unspecified atom stereocenters. The second kappa shape index (κ2) is 64.6. The van der Waals surface area contributed by atoms with Crippen molar-refractivity contribution in [3.63, 3.8) is 0 Å². The van der Waals surface area contributed by atoms with Crippen LogP contribution in [0.4, 0.5) is 0 Å². The lowest BCUT2D eigenvalue weighted by atomic mass is 9.99. The molecule has 11 nitrogen and oxygen atoms in total. The molecule has 506 valence electrons. The Hall–Kier alpha value is -2.90. The van der Waals surface area contributed by atoms with E-state index in [-0.39, 0.29) is 18.5 Å². The lowest BCUT2D eigenvalue weighted by Gasteiger charge is -2.40. The van der Waals surface area contributed by atoms with Crippen molar-refractivity contribution in [2.24, 2.45) is 0 Å². The van der Waals surface area contributed by atoms with Crippen LogP contribution in [0.5, 0.6) is 0 Å². The fraction of sp³-hybridized carbons (Fsp3) is 0.816. The van der Waals surface area contributed by atoms with Crippen molar-refractivity contribution in [1.29, 1.82) is 0 Å². The molecule has 1 fully saturated rings. The summed E-state index contributed by atoms with van der Waals surface area (Å²) in [6, 6.07) is -0.835. The minimum atomic E-state index is -1.58. The molecule has 1 rings (SSSR count). The zero-order chi connectivity index (χ0) is 63.0. The molecule has 11 heteroatoms. The minimum absolute atomic E-state index is 0.00395. The van der Waals surface area contributed by atoms with Crippen molar-refractivity contribution in [3.05, 3.63) is 72.9 Å². The normalized spacial score (nSPS) is 18.3. The van der Waals surface area contributed by atoms with Gasteiger partial charge in [-0.15, -0.1) is 0 Å². The second-order valence-corrected chi connectivity index (χ2v) is 25.3. The smallest absolute Gasteiger partial charge is 0.305 e. The molecule has 1 amide bonds. The van der Waals surface area contributed by atoms with Gasteiger partial charge in [0.1, 0.15) is 24.4 Å². The fourth-order valence-electron chi connectivity index (χ4n) is 11.2. The lowest BCUT2D eigenvalue weighted by molar-refractivity contribution is -0.302. The number of hydrogen-bond donors (Lipinski definition) is 6. The van der Waals surface area contributed by atoms with Crippen molar-refractivity contribution in [1.82, 2.24) is 5.32 Å². The Bertz CT molecular complexity index is 1680. The number of hydrogen-bond acceptors (Lipinski definition) is 10. The van der Waals surface area contributed by atoms with Gasteiger partial charge < -0.3 is 45.1 Å². The van der Waals surface area contributed by atoms with E-state index in [1.54, 1.807) is 6.08 Å². The molecule has 0 spiro atoms. The zero-order valence-electron chi connectivity index (χ0n) is 56.2. The number of esters is 1. The number of allylic oxidation sites excluding steroid dienone is 11. The maximum Gasteiger partial charge on any atom is 0.305 e. The Morgan fingerprint density at radius 3 is 1.23 bits per heavy atom. The highest BCUT2D eigenvalue weighted by molar-refractivity contribution is 5.76. The van der Waals surface area contributed by atoms with Gasteiger partial charge in [-0.3, -0.25) is 9.59 Å². The molecular formula is C76H137NO10. The largest absolute Gasteiger partial charge is 0.466 e. The summed E-state index contributed by atoms with van der Waals surface area (Å²) in [5.74, 6) is -0.198. The highest BCUT2D eigenvalue weighted by Gasteiger charge is 2.44. The molecule has 0 aromatic carbocycles. The van der Waals surface area contributed by atoms with E-state index in [9.17, 15) is 35.1 Å². The van der Waals surface area contributed by atoms with E-state index in [0.717, 1.165) is 77.0 Å². The molecule has 0 aromatic heterocycles. The SMILES string of the molecule is CCCCC/C=C\CCCCCCCC(=O)OCCCCCCCCCCC/C=C\C/C=C\CCCCCCCCCCCCCCCCCCCC(=O)NC(COC1OC(CO)C(O)C(O)C1O)C(O)/C=C/CC/C=C/CC/C=C/CCCCCC. The average molecular weight is 1220 g/mol. The molecule has 1 aliphatic rings. The molecule has 1 aliphatic heterocycles. The zero-order valence-corrected chi connectivity index (χ0v) is 56.2. The first-order valence-electron chi connectivity index (χ1n) is 36.7. The van der Waals surface area contributed by atoms with E-state index in [1.165, 1.54) is 231 Å². The van der Waals surface area contributed by atoms with Crippen LogP contribution in [0, 0.1) is 0 Å². The van der Waals surface area contributed by atoms with Gasteiger partial charge in [-0.25, -0.2) is 0 Å². The van der Waals surface area contributed by atoms with Gasteiger partial charge in [0, 0.05) is 12.8 Å². The van der Waals surface area contributed by atoms with Crippen LogP contribution in [-0.2, 0) is 23.8 Å². The molecule has 1 saturated heterocycles. The van der Waals surface area contributed by atoms with E-state index in [0.29, 0.717) is 19.4 Å². The van der Waals surface area contributed by atoms with E-state index in [4.69, 9.17) is 14.2 Å². The number of carbonyl (C=O) groups excluding carboxylic acids is 2. The van der Waals surface area contributed by atoms with Gasteiger partial charge in [0.05, 0.1) is 32.0 Å². The predicted molar refractivity (Wildman–Crippen MR) is 366 cm³/mol. The quantitative estimate of drug-likeness (QED) is 0.0195. The molecule has 0 radical (unpaired) electrons. The first kappa shape index (κ1) is 82.1. The lowest BCUT2D eigenvalue weighted by Crippen LogP contribution is -2.60. The molecule has 0 saturated carbocycles. The van der Waals surface area contributed by atoms with Gasteiger partial charge in [0.15, 0.2) is 6.29 Å². The van der Waals surface area contributed by atoms with Crippen LogP contribution >= 0.6 is 0 Å². The summed E-state index contributed by atoms with van der Waals surface area (Å²) < 4.78 is 16.7. The Kier molecular flexibility index (Phi) is 61.0. The highest BCUT2D eigenvalue weighted by Crippen LogP contribution is 2.23. The first-order chi connectivity index (χ1) is 42.7. The van der Waals surface area contributed by atoms with Gasteiger partial charge in [0.2, 0.25) is 5.91 Å². The summed E-state index contributed by atoms with van der Waals surface area (Å²) in [5.41, 5.74) is 0. The minimum Gasteiger partial charge on any atom is -0.466 e. The molecule has 0 bridgehead atoms. The Balaban J connectivity index is 1.98. The summed E-state index contributed by atoms with van der Waals surface area (Å²) in [7, 11) is 0. The van der Waals surface area contributed by atoms with Crippen LogP contribution < -0.4 is 5.32 Å². The third-order valence-electron chi connectivity index (χ3n) is 17.0. The van der Waals surface area contributed by atoms with Crippen LogP contribution in [-0.4, -0.2) is 100 Å². The maximum atomic E-state index is 13.1. The number of ether oxygens (including phenoxy) is 3. The summed E-state index contributed by atoms with van der Waals surface area (Å²) in [5, 5.41) is 54.5. The summed E-state index contributed by atoms with van der Waals surface area (Å²) in [6.07, 6.45) is 77.6. The van der Waals surface area contributed by atoms with Crippen LogP contribution in [0.2, 0.25) is 0 Å². The number of aliphatic hydroxyl groups is 5. The van der Waals surface area contributed by atoms with Crippen LogP contribution in [0.15, 0.2) is 72.9 Å². The van der Waals surface area contributed by atoms with Gasteiger partial charge in [-0.2, -0.15) is 0 Å². The number of carbonyl (C=O) groups is 2. The summed E-state index contributed by atoms with van der Waals surface area (Å²) >= 11 is 0. The van der Waals surface area contributed by atoms with Gasteiger partial charge >= 0.3 is 5.97 Å². The van der Waals surface area contributed by atoms with Gasteiger partial charge in [-0.05, 0) is 116 Å². The van der Waals surface area contributed by atoms with Crippen molar-refractivity contribution in [2.75, 3.05) is 19.8 Å². The molecule has 7 atom stereocenters. The maximum absolute atomic E-state index is 13.1. The number of amides is 1. The molecule has 0 aromatic rings. The number of unbranched alkanes of at least 4 members (excludes halogenated alkanes) is 40. The molecule has 6 N–H and O–H groups in total. The first-order valence-corrected chi connectivity index (χ1v) is 36.7. The number of nitrogens with one attached hydrogen (secondary N) is 1. The Morgan fingerprint density at radius 2 is 0.782 bits per heavy atom. The second-order valence-electron chi connectivity index (χ2n) is 25.3. The fourth-order valence-corrected chi connectivity index (χ4v) is 11.2. The molecule has 0 aliphatic carbocycles. The van der Waals surface area contributed by atoms with Crippen molar-refractivity contribution >= 4 is 11.9 Å². The van der Waals surface area contributed by atoms with Gasteiger partial charge in [0.25, 0.3) is 0 Å². The highest BCUT2D eigenvalue weighted by atomic mass is 16.7. The van der Waals surface area contributed by atoms with Crippen molar-refractivity contribution in [3.8, 4) is 0 Å². The van der Waals surface area contributed by atoms with E-state index < -0.39 is 49.5 Å². The Morgan fingerprint density at radius 1 is 0.425 bits per heavy atom. The van der Waals surface area contributed by atoms with E-state index in [2.05, 4.69) is 79.9 Å². The molecule has 1 heterocycles. The Labute approximate surface area is 534 Å². The molecule has 87 heavy (non-hydrogen) atoms. The number of aliphatic hydroxyl groups excluding tert-OH is 5. The van der Waals surface area contributed by atoms with Crippen LogP contribution in [0.3, 0.4) is 0 Å². The summed E-state index contributed by atoms with van der Waals surface area (Å²) in [4.78, 5) is 25.1. The predicted octanol–water partition coefficient (Wildman–Crippen LogP) is 19.1. The topological polar surface area (TPSA) is 175 Å². The average Bonchev–Trinajstić information content (AvgIpc) is 2.74. The van der Waals surface area contributed by atoms with Gasteiger partial charge in [-0.1, -0.05) is 279 Å².